The van der Waals surface area contributed by atoms with Gasteiger partial charge in [0.2, 0.25) is 11.8 Å². The number of benzene rings is 4. The Balaban J connectivity index is 1.69. The quantitative estimate of drug-likeness (QED) is 0.211. The molecular weight excluding hydrogens is 558 g/mol. The molecule has 0 unspecified atom stereocenters. The molecule has 1 fully saturated rings. The molecule has 6 nitrogen and oxygen atoms in total. The first-order valence-corrected chi connectivity index (χ1v) is 15.8. The van der Waals surface area contributed by atoms with Gasteiger partial charge in [0.15, 0.2) is 0 Å². The molecule has 0 radical (unpaired) electrons. The van der Waals surface area contributed by atoms with Crippen molar-refractivity contribution in [3.05, 3.63) is 143 Å². The first kappa shape index (κ1) is 31.9. The fourth-order valence-electron chi connectivity index (χ4n) is 6.59. The van der Waals surface area contributed by atoms with E-state index in [4.69, 9.17) is 0 Å². The number of nitrogens with zero attached hydrogens (tertiary/aromatic N) is 1. The molecule has 0 bridgehead atoms. The molecule has 1 saturated heterocycles. The van der Waals surface area contributed by atoms with Crippen LogP contribution in [-0.2, 0) is 26.3 Å². The summed E-state index contributed by atoms with van der Waals surface area (Å²) in [6.07, 6.45) is 0.940. The van der Waals surface area contributed by atoms with E-state index in [1.54, 1.807) is 4.90 Å². The van der Waals surface area contributed by atoms with Crippen molar-refractivity contribution in [3.63, 3.8) is 0 Å². The summed E-state index contributed by atoms with van der Waals surface area (Å²) < 4.78 is 0. The Morgan fingerprint density at radius 3 is 1.89 bits per heavy atom. The van der Waals surface area contributed by atoms with Crippen molar-refractivity contribution in [3.8, 4) is 0 Å². The van der Waals surface area contributed by atoms with Crippen LogP contribution in [-0.4, -0.2) is 47.2 Å². The summed E-state index contributed by atoms with van der Waals surface area (Å²) in [4.78, 5) is 42.0. The summed E-state index contributed by atoms with van der Waals surface area (Å²) in [7, 11) is 0. The zero-order chi connectivity index (χ0) is 32.0. The van der Waals surface area contributed by atoms with Crippen molar-refractivity contribution < 1.29 is 14.4 Å². The number of amides is 2. The van der Waals surface area contributed by atoms with Crippen LogP contribution < -0.4 is 10.6 Å². The van der Waals surface area contributed by atoms with Gasteiger partial charge in [-0.05, 0) is 68.4 Å². The summed E-state index contributed by atoms with van der Waals surface area (Å²) in [5.74, 6) is -0.374. The number of carbonyl (C=O) groups is 3. The number of Topliss-reactive ketones (excluding diaryl/α,β-unsaturated/α-hetero) is 1. The SMILES string of the molecule is CC(=O)CC[C@H]1C(=O)N[C@H](C)CN1C(=O)[C@H](Cc1ccc(C)cc1C)NC(c1ccccc1)(c1ccccc1)c1ccccc1. The highest BCUT2D eigenvalue weighted by Crippen LogP contribution is 2.38. The highest BCUT2D eigenvalue weighted by atomic mass is 16.2. The average Bonchev–Trinajstić information content (AvgIpc) is 3.04. The van der Waals surface area contributed by atoms with Crippen LogP contribution in [0.1, 0.15) is 60.1 Å². The Hall–Kier alpha value is -4.55. The molecular formula is C39H43N3O3. The fourth-order valence-corrected chi connectivity index (χ4v) is 6.59. The summed E-state index contributed by atoms with van der Waals surface area (Å²) in [5.41, 5.74) is 5.43. The Morgan fingerprint density at radius 1 is 0.867 bits per heavy atom. The van der Waals surface area contributed by atoms with Crippen molar-refractivity contribution in [1.82, 2.24) is 15.5 Å². The molecule has 3 atom stereocenters. The molecule has 232 valence electrons. The summed E-state index contributed by atoms with van der Waals surface area (Å²) >= 11 is 0. The molecule has 4 aromatic carbocycles. The van der Waals surface area contributed by atoms with Gasteiger partial charge in [-0.25, -0.2) is 0 Å². The van der Waals surface area contributed by atoms with E-state index >= 15 is 0 Å². The molecule has 0 saturated carbocycles. The lowest BCUT2D eigenvalue weighted by Gasteiger charge is -2.44. The van der Waals surface area contributed by atoms with Crippen LogP contribution in [0, 0.1) is 13.8 Å². The van der Waals surface area contributed by atoms with Gasteiger partial charge < -0.3 is 15.0 Å². The van der Waals surface area contributed by atoms with Gasteiger partial charge in [0.1, 0.15) is 11.8 Å². The second-order valence-corrected chi connectivity index (χ2v) is 12.3. The van der Waals surface area contributed by atoms with E-state index in [-0.39, 0.29) is 36.5 Å². The number of nitrogens with one attached hydrogen (secondary N) is 2. The van der Waals surface area contributed by atoms with Crippen LogP contribution in [0.5, 0.6) is 0 Å². The molecule has 0 spiro atoms. The zero-order valence-electron chi connectivity index (χ0n) is 26.6. The minimum atomic E-state index is -0.888. The minimum Gasteiger partial charge on any atom is -0.350 e. The van der Waals surface area contributed by atoms with E-state index in [0.717, 1.165) is 33.4 Å². The lowest BCUT2D eigenvalue weighted by Crippen LogP contribution is -2.65. The van der Waals surface area contributed by atoms with Crippen LogP contribution in [0.4, 0.5) is 0 Å². The number of hydrogen-bond donors (Lipinski definition) is 2. The molecule has 2 amide bonds. The smallest absolute Gasteiger partial charge is 0.243 e. The largest absolute Gasteiger partial charge is 0.350 e. The highest BCUT2D eigenvalue weighted by molar-refractivity contribution is 5.92. The lowest BCUT2D eigenvalue weighted by molar-refractivity contribution is -0.147. The molecule has 1 aliphatic heterocycles. The molecule has 4 aromatic rings. The van der Waals surface area contributed by atoms with E-state index in [0.29, 0.717) is 13.0 Å². The van der Waals surface area contributed by atoms with Crippen molar-refractivity contribution in [2.24, 2.45) is 0 Å². The average molecular weight is 602 g/mol. The fraction of sp³-hybridized carbons (Fsp3) is 0.308. The van der Waals surface area contributed by atoms with Crippen LogP contribution in [0.15, 0.2) is 109 Å². The van der Waals surface area contributed by atoms with E-state index in [1.165, 1.54) is 6.92 Å². The first-order chi connectivity index (χ1) is 21.7. The van der Waals surface area contributed by atoms with Crippen molar-refractivity contribution in [2.75, 3.05) is 6.54 Å². The highest BCUT2D eigenvalue weighted by Gasteiger charge is 2.44. The number of rotatable bonds is 11. The third kappa shape index (κ3) is 7.07. The Morgan fingerprint density at radius 2 is 1.40 bits per heavy atom. The molecule has 45 heavy (non-hydrogen) atoms. The predicted octanol–water partition coefficient (Wildman–Crippen LogP) is 5.88. The normalized spacial score (nSPS) is 17.4. The van der Waals surface area contributed by atoms with Gasteiger partial charge in [0.25, 0.3) is 0 Å². The zero-order valence-corrected chi connectivity index (χ0v) is 26.6. The summed E-state index contributed by atoms with van der Waals surface area (Å²) in [5, 5.41) is 6.93. The summed E-state index contributed by atoms with van der Waals surface area (Å²) in [6, 6.07) is 35.4. The van der Waals surface area contributed by atoms with E-state index < -0.39 is 17.6 Å². The third-order valence-electron chi connectivity index (χ3n) is 8.82. The molecule has 5 rings (SSSR count). The van der Waals surface area contributed by atoms with E-state index in [1.807, 2.05) is 61.5 Å². The standard InChI is InChI=1S/C39H43N3O3/c1-27-20-22-31(28(2)24-27)25-35(38(45)42-26-29(3)40-37(44)36(42)23-21-30(4)43)41-39(32-14-8-5-9-15-32,33-16-10-6-11-17-33)34-18-12-7-13-19-34/h5-20,22,24,29,35-36,41H,21,23,25-26H2,1-4H3,(H,40,44)/t29-,35+,36+/m1/s1. The van der Waals surface area contributed by atoms with Gasteiger partial charge in [-0.3, -0.25) is 14.9 Å². The van der Waals surface area contributed by atoms with Crippen LogP contribution in [0.3, 0.4) is 0 Å². The van der Waals surface area contributed by atoms with E-state index in [2.05, 4.69) is 79.1 Å². The van der Waals surface area contributed by atoms with Crippen LogP contribution in [0.25, 0.3) is 0 Å². The number of aryl methyl sites for hydroxylation is 2. The van der Waals surface area contributed by atoms with Gasteiger partial charge in [-0.2, -0.15) is 0 Å². The van der Waals surface area contributed by atoms with Crippen LogP contribution >= 0.6 is 0 Å². The maximum Gasteiger partial charge on any atom is 0.243 e. The van der Waals surface area contributed by atoms with Gasteiger partial charge in [0.05, 0.1) is 11.6 Å². The Labute approximate surface area is 266 Å². The summed E-state index contributed by atoms with van der Waals surface area (Å²) in [6.45, 7) is 7.94. The second-order valence-electron chi connectivity index (χ2n) is 12.3. The van der Waals surface area contributed by atoms with Crippen molar-refractivity contribution in [1.29, 1.82) is 0 Å². The third-order valence-corrected chi connectivity index (χ3v) is 8.82. The topological polar surface area (TPSA) is 78.5 Å². The Bertz CT molecular complexity index is 1520. The van der Waals surface area contributed by atoms with Gasteiger partial charge >= 0.3 is 0 Å². The first-order valence-electron chi connectivity index (χ1n) is 15.8. The van der Waals surface area contributed by atoms with E-state index in [9.17, 15) is 14.4 Å². The van der Waals surface area contributed by atoms with Gasteiger partial charge in [-0.1, -0.05) is 115 Å². The van der Waals surface area contributed by atoms with Crippen molar-refractivity contribution in [2.45, 2.75) is 70.6 Å². The predicted molar refractivity (Wildman–Crippen MR) is 179 cm³/mol. The number of piperazine rings is 1. The molecule has 0 aromatic heterocycles. The number of ketones is 1. The second kappa shape index (κ2) is 14.0. The lowest BCUT2D eigenvalue weighted by atomic mass is 9.76. The molecule has 6 heteroatoms. The van der Waals surface area contributed by atoms with Gasteiger partial charge in [0, 0.05) is 19.0 Å². The van der Waals surface area contributed by atoms with Crippen molar-refractivity contribution >= 4 is 17.6 Å². The minimum absolute atomic E-state index is 0.00461. The molecule has 0 aliphatic carbocycles. The molecule has 1 aliphatic rings. The number of carbonyl (C=O) groups excluding carboxylic acids is 3. The molecule has 1 heterocycles. The monoisotopic (exact) mass is 601 g/mol. The number of hydrogen-bond acceptors (Lipinski definition) is 4. The van der Waals surface area contributed by atoms with Gasteiger partial charge in [-0.15, -0.1) is 0 Å². The maximum absolute atomic E-state index is 15.0. The Kier molecular flexibility index (Phi) is 9.94. The maximum atomic E-state index is 15.0. The molecule has 2 N–H and O–H groups in total. The van der Waals surface area contributed by atoms with Crippen LogP contribution in [0.2, 0.25) is 0 Å².